The Hall–Kier alpha value is -1.55. The molecule has 0 N–H and O–H groups in total. The summed E-state index contributed by atoms with van der Waals surface area (Å²) in [6.07, 6.45) is -0.469. The van der Waals surface area contributed by atoms with Crippen molar-refractivity contribution in [1.82, 2.24) is 5.32 Å². The Bertz CT molecular complexity index is 595. The molecule has 121 valence electrons. The van der Waals surface area contributed by atoms with E-state index >= 15 is 0 Å². The van der Waals surface area contributed by atoms with E-state index in [4.69, 9.17) is 9.47 Å². The second kappa shape index (κ2) is 7.63. The van der Waals surface area contributed by atoms with Crippen molar-refractivity contribution in [2.24, 2.45) is 0 Å². The summed E-state index contributed by atoms with van der Waals surface area (Å²) in [5.41, 5.74) is 0.442. The minimum Gasteiger partial charge on any atom is -0.350 e. The van der Waals surface area contributed by atoms with Gasteiger partial charge in [-0.3, -0.25) is 10.1 Å². The lowest BCUT2D eigenvalue weighted by molar-refractivity contribution is -0.384. The molecule has 1 aliphatic heterocycles. The van der Waals surface area contributed by atoms with E-state index in [1.165, 1.54) is 24.3 Å². The van der Waals surface area contributed by atoms with Gasteiger partial charge in [0.05, 0.1) is 36.2 Å². The van der Waals surface area contributed by atoms with Crippen LogP contribution < -0.4 is 5.32 Å². The van der Waals surface area contributed by atoms with Crippen LogP contribution in [0.5, 0.6) is 0 Å². The standard InChI is InChI=1S/C13H17N2O6S/c16-15(17)12-3-1-11(2-4-12)10-22(18,19)8-7-21-13-9-14-5-6-20-13/h1-4,13H,5-10H2. The number of rotatable bonds is 7. The molecule has 9 heteroatoms. The van der Waals surface area contributed by atoms with E-state index in [2.05, 4.69) is 5.32 Å². The van der Waals surface area contributed by atoms with E-state index in [0.717, 1.165) is 0 Å². The number of benzene rings is 1. The van der Waals surface area contributed by atoms with Crippen LogP contribution in [0.15, 0.2) is 24.3 Å². The van der Waals surface area contributed by atoms with Crippen LogP contribution in [0.25, 0.3) is 0 Å². The van der Waals surface area contributed by atoms with Gasteiger partial charge in [-0.05, 0) is 5.56 Å². The summed E-state index contributed by atoms with van der Waals surface area (Å²) < 4.78 is 34.6. The fourth-order valence-electron chi connectivity index (χ4n) is 1.95. The number of sulfone groups is 1. The van der Waals surface area contributed by atoms with Gasteiger partial charge in [-0.1, -0.05) is 12.1 Å². The minimum atomic E-state index is -3.35. The maximum atomic E-state index is 12.0. The van der Waals surface area contributed by atoms with E-state index in [1.54, 1.807) is 0 Å². The molecule has 1 heterocycles. The van der Waals surface area contributed by atoms with Crippen molar-refractivity contribution >= 4 is 15.5 Å². The highest BCUT2D eigenvalue weighted by molar-refractivity contribution is 7.90. The van der Waals surface area contributed by atoms with E-state index in [9.17, 15) is 18.5 Å². The van der Waals surface area contributed by atoms with E-state index in [-0.39, 0.29) is 23.8 Å². The second-order valence-electron chi connectivity index (χ2n) is 4.82. The van der Waals surface area contributed by atoms with Crippen LogP contribution in [-0.4, -0.2) is 51.7 Å². The Morgan fingerprint density at radius 1 is 1.36 bits per heavy atom. The zero-order valence-electron chi connectivity index (χ0n) is 11.9. The van der Waals surface area contributed by atoms with Crippen LogP contribution in [0, 0.1) is 10.1 Å². The molecule has 1 aromatic carbocycles. The summed E-state index contributed by atoms with van der Waals surface area (Å²) in [6.45, 7) is 1.58. The molecule has 1 aliphatic rings. The first kappa shape index (κ1) is 16.8. The third-order valence-corrected chi connectivity index (χ3v) is 4.62. The number of ether oxygens (including phenoxy) is 2. The van der Waals surface area contributed by atoms with Crippen LogP contribution in [0.3, 0.4) is 0 Å². The van der Waals surface area contributed by atoms with E-state index in [1.807, 2.05) is 0 Å². The fraction of sp³-hybridized carbons (Fsp3) is 0.538. The van der Waals surface area contributed by atoms with Gasteiger partial charge in [0.25, 0.3) is 5.69 Å². The molecule has 22 heavy (non-hydrogen) atoms. The van der Waals surface area contributed by atoms with E-state index in [0.29, 0.717) is 25.3 Å². The number of hydrogen-bond donors (Lipinski definition) is 0. The number of hydrogen-bond acceptors (Lipinski definition) is 6. The molecule has 0 bridgehead atoms. The molecule has 1 fully saturated rings. The van der Waals surface area contributed by atoms with Gasteiger partial charge >= 0.3 is 0 Å². The second-order valence-corrected chi connectivity index (χ2v) is 7.00. The quantitative estimate of drug-likeness (QED) is 0.532. The SMILES string of the molecule is O=[N+]([O-])c1ccc(CS(=O)(=O)CCOC2C[N]CCO2)cc1. The van der Waals surface area contributed by atoms with Crippen molar-refractivity contribution in [2.75, 3.05) is 32.1 Å². The Morgan fingerprint density at radius 3 is 2.68 bits per heavy atom. The van der Waals surface area contributed by atoms with E-state index < -0.39 is 21.1 Å². The Kier molecular flexibility index (Phi) is 5.83. The van der Waals surface area contributed by atoms with Crippen LogP contribution in [0.2, 0.25) is 0 Å². The molecular weight excluding hydrogens is 312 g/mol. The van der Waals surface area contributed by atoms with Gasteiger partial charge in [0, 0.05) is 18.7 Å². The van der Waals surface area contributed by atoms with Crippen LogP contribution in [0.1, 0.15) is 5.56 Å². The first-order valence-electron chi connectivity index (χ1n) is 6.76. The summed E-state index contributed by atoms with van der Waals surface area (Å²) in [7, 11) is -3.35. The average Bonchev–Trinajstić information content (AvgIpc) is 2.48. The monoisotopic (exact) mass is 329 g/mol. The van der Waals surface area contributed by atoms with Crippen LogP contribution in [0.4, 0.5) is 5.69 Å². The maximum absolute atomic E-state index is 12.0. The predicted molar refractivity (Wildman–Crippen MR) is 78.1 cm³/mol. The Labute approximate surface area is 128 Å². The topological polar surface area (TPSA) is 110 Å². The Morgan fingerprint density at radius 2 is 2.09 bits per heavy atom. The normalized spacial score (nSPS) is 19.0. The molecule has 2 rings (SSSR count). The maximum Gasteiger partial charge on any atom is 0.269 e. The third kappa shape index (κ3) is 5.34. The molecule has 8 nitrogen and oxygen atoms in total. The van der Waals surface area contributed by atoms with Gasteiger partial charge in [-0.25, -0.2) is 13.7 Å². The fourth-order valence-corrected chi connectivity index (χ4v) is 3.14. The highest BCUT2D eigenvalue weighted by Gasteiger charge is 2.17. The zero-order valence-corrected chi connectivity index (χ0v) is 12.7. The average molecular weight is 329 g/mol. The van der Waals surface area contributed by atoms with Crippen molar-refractivity contribution in [3.63, 3.8) is 0 Å². The van der Waals surface area contributed by atoms with Crippen molar-refractivity contribution in [3.8, 4) is 0 Å². The molecule has 0 spiro atoms. The molecule has 1 saturated heterocycles. The lowest BCUT2D eigenvalue weighted by Crippen LogP contribution is -2.36. The van der Waals surface area contributed by atoms with Crippen molar-refractivity contribution in [2.45, 2.75) is 12.0 Å². The van der Waals surface area contributed by atoms with Gasteiger partial charge in [-0.15, -0.1) is 0 Å². The lowest BCUT2D eigenvalue weighted by Gasteiger charge is -2.22. The highest BCUT2D eigenvalue weighted by atomic mass is 32.2. The molecule has 0 amide bonds. The predicted octanol–water partition coefficient (Wildman–Crippen LogP) is 0.487. The lowest BCUT2D eigenvalue weighted by atomic mass is 10.2. The number of nitro groups is 1. The summed E-state index contributed by atoms with van der Waals surface area (Å²) in [5, 5.41) is 14.6. The first-order valence-corrected chi connectivity index (χ1v) is 8.59. The summed E-state index contributed by atoms with van der Waals surface area (Å²) in [4.78, 5) is 10.0. The van der Waals surface area contributed by atoms with Gasteiger partial charge < -0.3 is 9.47 Å². The zero-order chi connectivity index (χ0) is 16.0. The summed E-state index contributed by atoms with van der Waals surface area (Å²) >= 11 is 0. The molecule has 0 aliphatic carbocycles. The molecule has 1 unspecified atom stereocenters. The van der Waals surface area contributed by atoms with Crippen molar-refractivity contribution in [1.29, 1.82) is 0 Å². The van der Waals surface area contributed by atoms with Crippen LogP contribution in [-0.2, 0) is 25.1 Å². The van der Waals surface area contributed by atoms with Crippen LogP contribution >= 0.6 is 0 Å². The molecule has 1 aromatic rings. The van der Waals surface area contributed by atoms with Gasteiger partial charge in [0.15, 0.2) is 16.1 Å². The van der Waals surface area contributed by atoms with Crippen molar-refractivity contribution in [3.05, 3.63) is 39.9 Å². The smallest absolute Gasteiger partial charge is 0.269 e. The van der Waals surface area contributed by atoms with Gasteiger partial charge in [-0.2, -0.15) is 0 Å². The molecule has 0 saturated carbocycles. The number of nitro benzene ring substituents is 1. The third-order valence-electron chi connectivity index (χ3n) is 3.06. The van der Waals surface area contributed by atoms with Gasteiger partial charge in [0.1, 0.15) is 0 Å². The van der Waals surface area contributed by atoms with Crippen molar-refractivity contribution < 1.29 is 22.8 Å². The number of morpholine rings is 1. The van der Waals surface area contributed by atoms with Gasteiger partial charge in [0.2, 0.25) is 0 Å². The minimum absolute atomic E-state index is 0.0372. The number of nitrogens with zero attached hydrogens (tertiary/aromatic N) is 2. The number of non-ortho nitro benzene ring substituents is 1. The Balaban J connectivity index is 1.81. The largest absolute Gasteiger partial charge is 0.350 e. The molecule has 0 aromatic heterocycles. The molecule has 1 radical (unpaired) electrons. The molecule has 1 atom stereocenters. The highest BCUT2D eigenvalue weighted by Crippen LogP contribution is 2.14. The first-order chi connectivity index (χ1) is 10.5. The molecular formula is C13H17N2O6S. The summed E-state index contributed by atoms with van der Waals surface area (Å²) in [6, 6.07) is 5.47. The summed E-state index contributed by atoms with van der Waals surface area (Å²) in [5.74, 6) is -0.311.